The van der Waals surface area contributed by atoms with Gasteiger partial charge >= 0.3 is 12.7 Å². The van der Waals surface area contributed by atoms with Gasteiger partial charge in [0.25, 0.3) is 0 Å². The zero-order valence-electron chi connectivity index (χ0n) is 18.2. The summed E-state index contributed by atoms with van der Waals surface area (Å²) in [6, 6.07) is 8.87. The van der Waals surface area contributed by atoms with Crippen LogP contribution in [0.2, 0.25) is 0 Å². The Kier molecular flexibility index (Phi) is 5.52. The second-order valence-electron chi connectivity index (χ2n) is 8.78. The summed E-state index contributed by atoms with van der Waals surface area (Å²) in [5.41, 5.74) is 1.27. The van der Waals surface area contributed by atoms with E-state index in [2.05, 4.69) is 4.98 Å². The van der Waals surface area contributed by atoms with Crippen molar-refractivity contribution in [3.63, 3.8) is 0 Å². The molecule has 0 radical (unpaired) electrons. The van der Waals surface area contributed by atoms with E-state index in [1.54, 1.807) is 52.0 Å². The number of rotatable bonds is 3. The number of aryl methyl sites for hydroxylation is 1. The minimum absolute atomic E-state index is 0.00479. The summed E-state index contributed by atoms with van der Waals surface area (Å²) in [5.74, 6) is 0.110. The van der Waals surface area contributed by atoms with Gasteiger partial charge in [-0.25, -0.2) is 14.2 Å². The van der Waals surface area contributed by atoms with Gasteiger partial charge in [-0.05, 0) is 45.4 Å². The van der Waals surface area contributed by atoms with Crippen molar-refractivity contribution in [2.45, 2.75) is 52.5 Å². The molecule has 2 aromatic carbocycles. The molecule has 1 aliphatic heterocycles. The molecule has 1 amide bonds. The Balaban J connectivity index is 1.86. The smallest absolute Gasteiger partial charge is 0.410 e. The summed E-state index contributed by atoms with van der Waals surface area (Å²) in [5, 5.41) is 0. The molecule has 170 valence electrons. The van der Waals surface area contributed by atoms with Crippen molar-refractivity contribution in [2.75, 3.05) is 6.54 Å². The van der Waals surface area contributed by atoms with E-state index in [1.165, 1.54) is 17.0 Å². The molecule has 0 N–H and O–H groups in total. The van der Waals surface area contributed by atoms with E-state index in [9.17, 15) is 18.0 Å². The minimum Gasteiger partial charge on any atom is -0.444 e. The van der Waals surface area contributed by atoms with Gasteiger partial charge in [-0.3, -0.25) is 4.90 Å². The van der Waals surface area contributed by atoms with Crippen molar-refractivity contribution in [1.82, 2.24) is 14.5 Å². The van der Waals surface area contributed by atoms with Crippen molar-refractivity contribution < 1.29 is 27.4 Å². The molecule has 0 saturated heterocycles. The maximum atomic E-state index is 14.2. The van der Waals surface area contributed by atoms with Crippen LogP contribution in [0.4, 0.5) is 18.0 Å². The van der Waals surface area contributed by atoms with Crippen LogP contribution in [-0.4, -0.2) is 39.3 Å². The molecule has 0 bridgehead atoms. The van der Waals surface area contributed by atoms with Gasteiger partial charge in [-0.15, -0.1) is 0 Å². The zero-order chi connectivity index (χ0) is 23.2. The minimum atomic E-state index is -3.00. The maximum Gasteiger partial charge on any atom is 0.410 e. The fourth-order valence-corrected chi connectivity index (χ4v) is 3.92. The Morgan fingerprint density at radius 2 is 1.94 bits per heavy atom. The average molecular weight is 447 g/mol. The Labute approximate surface area is 183 Å². The van der Waals surface area contributed by atoms with E-state index in [1.807, 2.05) is 4.57 Å². The van der Waals surface area contributed by atoms with Crippen LogP contribution in [0.5, 0.6) is 5.75 Å². The molecular formula is C23H24F3N3O3. The number of fused-ring (bicyclic) bond motifs is 3. The molecule has 1 atom stereocenters. The van der Waals surface area contributed by atoms with Gasteiger partial charge in [-0.1, -0.05) is 18.2 Å². The summed E-state index contributed by atoms with van der Waals surface area (Å²) >= 11 is 0. The lowest BCUT2D eigenvalue weighted by Crippen LogP contribution is -2.44. The van der Waals surface area contributed by atoms with Crippen molar-refractivity contribution in [3.05, 3.63) is 59.2 Å². The number of benzene rings is 2. The third-order valence-corrected chi connectivity index (χ3v) is 5.23. The first-order valence-corrected chi connectivity index (χ1v) is 10.2. The van der Waals surface area contributed by atoms with Crippen LogP contribution in [0, 0.1) is 12.7 Å². The summed E-state index contributed by atoms with van der Waals surface area (Å²) < 4.78 is 52.5. The molecular weight excluding hydrogens is 423 g/mol. The van der Waals surface area contributed by atoms with E-state index in [0.717, 1.165) is 0 Å². The van der Waals surface area contributed by atoms with Crippen LogP contribution in [0.3, 0.4) is 0 Å². The van der Waals surface area contributed by atoms with Crippen molar-refractivity contribution in [2.24, 2.45) is 0 Å². The highest BCUT2D eigenvalue weighted by molar-refractivity contribution is 5.78. The number of amides is 1. The van der Waals surface area contributed by atoms with Gasteiger partial charge in [0.1, 0.15) is 23.0 Å². The Hall–Kier alpha value is -3.23. The number of imidazole rings is 1. The molecule has 9 heteroatoms. The average Bonchev–Trinajstić information content (AvgIpc) is 3.03. The molecule has 0 unspecified atom stereocenters. The first-order valence-electron chi connectivity index (χ1n) is 10.2. The largest absolute Gasteiger partial charge is 0.444 e. The predicted molar refractivity (Wildman–Crippen MR) is 112 cm³/mol. The lowest BCUT2D eigenvalue weighted by Gasteiger charge is -2.36. The fraction of sp³-hybridized carbons (Fsp3) is 0.391. The third-order valence-electron chi connectivity index (χ3n) is 5.23. The number of aromatic nitrogens is 2. The van der Waals surface area contributed by atoms with Crippen molar-refractivity contribution >= 4 is 17.1 Å². The van der Waals surface area contributed by atoms with Crippen LogP contribution in [-0.2, 0) is 11.3 Å². The highest BCUT2D eigenvalue weighted by atomic mass is 19.3. The molecule has 0 fully saturated rings. The second kappa shape index (κ2) is 8.03. The lowest BCUT2D eigenvalue weighted by atomic mass is 10.0. The van der Waals surface area contributed by atoms with Crippen molar-refractivity contribution in [3.8, 4) is 5.75 Å². The van der Waals surface area contributed by atoms with Crippen LogP contribution >= 0.6 is 0 Å². The molecule has 6 nitrogen and oxygen atoms in total. The molecule has 1 aliphatic rings. The molecule has 0 saturated carbocycles. The number of para-hydroxylation sites is 1. The summed E-state index contributed by atoms with van der Waals surface area (Å²) in [4.78, 5) is 18.8. The normalized spacial score (nSPS) is 16.4. The van der Waals surface area contributed by atoms with Gasteiger partial charge in [0.05, 0.1) is 23.6 Å². The van der Waals surface area contributed by atoms with E-state index >= 15 is 0 Å². The zero-order valence-corrected chi connectivity index (χ0v) is 18.2. The number of hydrogen-bond acceptors (Lipinski definition) is 4. The van der Waals surface area contributed by atoms with Gasteiger partial charge < -0.3 is 14.0 Å². The van der Waals surface area contributed by atoms with Gasteiger partial charge in [0.15, 0.2) is 0 Å². The standard InChI is InChI=1S/C23H24F3N3O3/c1-13-9-17-16(10-15(13)24)27-20-12-28(22(30)32-23(2,3)4)11-18(29(17)20)14-7-5-6-8-19(14)31-21(25)26/h5-10,18,21H,11-12H2,1-4H3/t18-/m1/s1. The number of carbonyl (C=O) groups is 1. The Morgan fingerprint density at radius 1 is 1.22 bits per heavy atom. The number of alkyl halides is 2. The predicted octanol–water partition coefficient (Wildman–Crippen LogP) is 5.43. The molecule has 1 aromatic heterocycles. The second-order valence-corrected chi connectivity index (χ2v) is 8.78. The molecule has 0 spiro atoms. The fourth-order valence-electron chi connectivity index (χ4n) is 3.92. The van der Waals surface area contributed by atoms with E-state index in [-0.39, 0.29) is 18.8 Å². The maximum absolute atomic E-state index is 14.2. The van der Waals surface area contributed by atoms with Crippen LogP contribution < -0.4 is 4.74 Å². The van der Waals surface area contributed by atoms with Gasteiger partial charge in [0.2, 0.25) is 0 Å². The number of ether oxygens (including phenoxy) is 2. The molecule has 32 heavy (non-hydrogen) atoms. The molecule has 4 rings (SSSR count). The van der Waals surface area contributed by atoms with Gasteiger partial charge in [0, 0.05) is 18.2 Å². The summed E-state index contributed by atoms with van der Waals surface area (Å²) in [6.45, 7) is 4.22. The van der Waals surface area contributed by atoms with Crippen LogP contribution in [0.1, 0.15) is 43.8 Å². The molecule has 3 aromatic rings. The van der Waals surface area contributed by atoms with E-state index < -0.39 is 30.2 Å². The molecule has 0 aliphatic carbocycles. The van der Waals surface area contributed by atoms with Crippen LogP contribution in [0.25, 0.3) is 11.0 Å². The summed E-state index contributed by atoms with van der Waals surface area (Å²) in [6.07, 6.45) is -0.546. The topological polar surface area (TPSA) is 56.6 Å². The van der Waals surface area contributed by atoms with Crippen molar-refractivity contribution in [1.29, 1.82) is 0 Å². The first kappa shape index (κ1) is 22.0. The van der Waals surface area contributed by atoms with Crippen LogP contribution in [0.15, 0.2) is 36.4 Å². The number of halogens is 3. The van der Waals surface area contributed by atoms with E-state index in [0.29, 0.717) is 28.0 Å². The first-order chi connectivity index (χ1) is 15.0. The number of carbonyl (C=O) groups excluding carboxylic acids is 1. The third kappa shape index (κ3) is 4.24. The quantitative estimate of drug-likeness (QED) is 0.538. The Morgan fingerprint density at radius 3 is 2.62 bits per heavy atom. The number of nitrogens with zero attached hydrogens (tertiary/aromatic N) is 3. The highest BCUT2D eigenvalue weighted by Crippen LogP contribution is 2.37. The Bertz CT molecular complexity index is 1170. The molecule has 2 heterocycles. The number of hydrogen-bond donors (Lipinski definition) is 0. The highest BCUT2D eigenvalue weighted by Gasteiger charge is 2.35. The van der Waals surface area contributed by atoms with Gasteiger partial charge in [-0.2, -0.15) is 8.78 Å². The lowest BCUT2D eigenvalue weighted by molar-refractivity contribution is -0.0509. The SMILES string of the molecule is Cc1cc2c(cc1F)nc1n2[C@@H](c2ccccc2OC(F)F)CN(C(=O)OC(C)(C)C)C1. The monoisotopic (exact) mass is 447 g/mol. The summed E-state index contributed by atoms with van der Waals surface area (Å²) in [7, 11) is 0. The van der Waals surface area contributed by atoms with E-state index in [4.69, 9.17) is 9.47 Å².